The Bertz CT molecular complexity index is 1130. The van der Waals surface area contributed by atoms with Gasteiger partial charge in [-0.2, -0.15) is 0 Å². The SMILES string of the molecule is Nc1cnc(-c2c(F)cccc2F)nc1C(=O)Nc1cnccc1N1C[C@H](N)C[C@H](N)C1. The van der Waals surface area contributed by atoms with Crippen LogP contribution in [-0.2, 0) is 0 Å². The molecule has 3 aromatic rings. The maximum Gasteiger partial charge on any atom is 0.276 e. The lowest BCUT2D eigenvalue weighted by molar-refractivity contribution is 0.102. The minimum absolute atomic E-state index is 0.0459. The molecule has 4 rings (SSSR count). The summed E-state index contributed by atoms with van der Waals surface area (Å²) in [4.78, 5) is 26.9. The fourth-order valence-corrected chi connectivity index (χ4v) is 3.72. The summed E-state index contributed by atoms with van der Waals surface area (Å²) in [5.74, 6) is -2.68. The van der Waals surface area contributed by atoms with E-state index in [1.54, 1.807) is 12.3 Å². The number of piperidine rings is 1. The highest BCUT2D eigenvalue weighted by atomic mass is 19.1. The zero-order valence-electron chi connectivity index (χ0n) is 17.0. The molecule has 0 saturated carbocycles. The monoisotopic (exact) mass is 440 g/mol. The first-order valence-corrected chi connectivity index (χ1v) is 9.92. The summed E-state index contributed by atoms with van der Waals surface area (Å²) >= 11 is 0. The molecular formula is C21H22F2N8O. The van der Waals surface area contributed by atoms with Gasteiger partial charge >= 0.3 is 0 Å². The molecule has 1 fully saturated rings. The van der Waals surface area contributed by atoms with Gasteiger partial charge in [-0.15, -0.1) is 0 Å². The van der Waals surface area contributed by atoms with Crippen LogP contribution in [0, 0.1) is 11.6 Å². The van der Waals surface area contributed by atoms with E-state index in [0.717, 1.165) is 18.3 Å². The van der Waals surface area contributed by atoms with Crippen molar-refractivity contribution in [1.82, 2.24) is 15.0 Å². The zero-order valence-corrected chi connectivity index (χ0v) is 17.0. The standard InChI is InChI=1S/C21H22F2N8O/c22-13-2-1-3-14(23)18(13)20-28-7-15(26)19(30-20)21(32)29-16-8-27-5-4-17(16)31-9-11(24)6-12(25)10-31/h1-5,7-8,11-12H,6,9-10,24-26H2,(H,29,32)/t11-,12+. The summed E-state index contributed by atoms with van der Waals surface area (Å²) in [5.41, 5.74) is 18.4. The molecule has 1 aliphatic rings. The van der Waals surface area contributed by atoms with E-state index in [2.05, 4.69) is 20.3 Å². The first kappa shape index (κ1) is 21.5. The Morgan fingerprint density at radius 1 is 1.09 bits per heavy atom. The number of amides is 1. The van der Waals surface area contributed by atoms with E-state index >= 15 is 0 Å². The van der Waals surface area contributed by atoms with E-state index in [-0.39, 0.29) is 29.3 Å². The number of hydrogen-bond acceptors (Lipinski definition) is 8. The number of nitrogens with one attached hydrogen (secondary N) is 1. The first-order valence-electron chi connectivity index (χ1n) is 9.92. The van der Waals surface area contributed by atoms with Crippen LogP contribution in [-0.4, -0.2) is 46.0 Å². The topological polar surface area (TPSA) is 149 Å². The molecule has 3 heterocycles. The second-order valence-electron chi connectivity index (χ2n) is 7.60. The molecular weight excluding hydrogens is 418 g/mol. The maximum atomic E-state index is 14.2. The highest BCUT2D eigenvalue weighted by Gasteiger charge is 2.25. The summed E-state index contributed by atoms with van der Waals surface area (Å²) < 4.78 is 28.3. The van der Waals surface area contributed by atoms with Gasteiger partial charge in [-0.1, -0.05) is 6.07 Å². The number of rotatable bonds is 4. The van der Waals surface area contributed by atoms with Crippen molar-refractivity contribution in [3.05, 3.63) is 60.2 Å². The molecule has 1 aromatic carbocycles. The quantitative estimate of drug-likeness (QED) is 0.477. The summed E-state index contributed by atoms with van der Waals surface area (Å²) in [6.07, 6.45) is 4.91. The van der Waals surface area contributed by atoms with Crippen LogP contribution in [0.1, 0.15) is 16.9 Å². The molecule has 0 spiro atoms. The summed E-state index contributed by atoms with van der Waals surface area (Å²) in [5, 5.41) is 2.72. The molecule has 0 bridgehead atoms. The van der Waals surface area contributed by atoms with Crippen LogP contribution in [0.5, 0.6) is 0 Å². The van der Waals surface area contributed by atoms with E-state index in [9.17, 15) is 13.6 Å². The summed E-state index contributed by atoms with van der Waals surface area (Å²) in [7, 11) is 0. The molecule has 1 aliphatic heterocycles. The van der Waals surface area contributed by atoms with E-state index in [1.807, 2.05) is 4.90 Å². The number of aromatic nitrogens is 3. The number of carbonyl (C=O) groups excluding carboxylic acids is 1. The van der Waals surface area contributed by atoms with Crippen molar-refractivity contribution in [2.75, 3.05) is 29.0 Å². The Balaban J connectivity index is 1.65. The fourth-order valence-electron chi connectivity index (χ4n) is 3.72. The predicted octanol–water partition coefficient (Wildman–Crippen LogP) is 1.52. The molecule has 0 aliphatic carbocycles. The average Bonchev–Trinajstić information content (AvgIpc) is 2.74. The number of carbonyl (C=O) groups is 1. The Kier molecular flexibility index (Phi) is 5.93. The number of halogens is 2. The van der Waals surface area contributed by atoms with Crippen molar-refractivity contribution < 1.29 is 13.6 Å². The summed E-state index contributed by atoms with van der Waals surface area (Å²) in [6, 6.07) is 4.91. The third kappa shape index (κ3) is 4.34. The molecule has 2 atom stereocenters. The molecule has 7 N–H and O–H groups in total. The van der Waals surface area contributed by atoms with E-state index < -0.39 is 23.1 Å². The molecule has 2 aromatic heterocycles. The third-order valence-electron chi connectivity index (χ3n) is 5.12. The van der Waals surface area contributed by atoms with Gasteiger partial charge in [-0.05, 0) is 24.6 Å². The van der Waals surface area contributed by atoms with Crippen molar-refractivity contribution in [3.8, 4) is 11.4 Å². The number of anilines is 3. The lowest BCUT2D eigenvalue weighted by atomic mass is 10.0. The van der Waals surface area contributed by atoms with Crippen molar-refractivity contribution in [1.29, 1.82) is 0 Å². The molecule has 166 valence electrons. The largest absolute Gasteiger partial charge is 0.396 e. The van der Waals surface area contributed by atoms with Crippen LogP contribution in [0.15, 0.2) is 42.9 Å². The molecule has 1 amide bonds. The predicted molar refractivity (Wildman–Crippen MR) is 117 cm³/mol. The van der Waals surface area contributed by atoms with Gasteiger partial charge in [0.05, 0.1) is 35.0 Å². The van der Waals surface area contributed by atoms with Gasteiger partial charge in [0.25, 0.3) is 5.91 Å². The van der Waals surface area contributed by atoms with Crippen LogP contribution in [0.4, 0.5) is 25.8 Å². The second kappa shape index (κ2) is 8.81. The minimum Gasteiger partial charge on any atom is -0.396 e. The van der Waals surface area contributed by atoms with Gasteiger partial charge in [0.1, 0.15) is 11.6 Å². The van der Waals surface area contributed by atoms with Gasteiger partial charge in [-0.25, -0.2) is 18.7 Å². The number of nitrogen functional groups attached to an aromatic ring is 1. The van der Waals surface area contributed by atoms with Crippen molar-refractivity contribution in [2.45, 2.75) is 18.5 Å². The lowest BCUT2D eigenvalue weighted by Crippen LogP contribution is -2.52. The highest BCUT2D eigenvalue weighted by Crippen LogP contribution is 2.28. The smallest absolute Gasteiger partial charge is 0.276 e. The average molecular weight is 440 g/mol. The zero-order chi connectivity index (χ0) is 22.8. The molecule has 9 nitrogen and oxygen atoms in total. The third-order valence-corrected chi connectivity index (χ3v) is 5.12. The normalized spacial score (nSPS) is 18.4. The molecule has 0 unspecified atom stereocenters. The summed E-state index contributed by atoms with van der Waals surface area (Å²) in [6.45, 7) is 1.12. The second-order valence-corrected chi connectivity index (χ2v) is 7.60. The Hall–Kier alpha value is -3.70. The van der Waals surface area contributed by atoms with Crippen LogP contribution in [0.2, 0.25) is 0 Å². The van der Waals surface area contributed by atoms with E-state index in [1.165, 1.54) is 12.3 Å². The first-order chi connectivity index (χ1) is 15.3. The van der Waals surface area contributed by atoms with Gasteiger partial charge in [-0.3, -0.25) is 9.78 Å². The van der Waals surface area contributed by atoms with E-state index in [4.69, 9.17) is 17.2 Å². The number of nitrogens with zero attached hydrogens (tertiary/aromatic N) is 4. The molecule has 1 saturated heterocycles. The Morgan fingerprint density at radius 2 is 1.78 bits per heavy atom. The number of pyridine rings is 1. The van der Waals surface area contributed by atoms with Gasteiger partial charge in [0.2, 0.25) is 0 Å². The maximum absolute atomic E-state index is 14.2. The van der Waals surface area contributed by atoms with Crippen molar-refractivity contribution in [3.63, 3.8) is 0 Å². The van der Waals surface area contributed by atoms with Crippen LogP contribution >= 0.6 is 0 Å². The minimum atomic E-state index is -0.853. The lowest BCUT2D eigenvalue weighted by Gasteiger charge is -2.37. The molecule has 11 heteroatoms. The van der Waals surface area contributed by atoms with Crippen molar-refractivity contribution in [2.24, 2.45) is 11.5 Å². The molecule has 0 radical (unpaired) electrons. The van der Waals surface area contributed by atoms with E-state index in [0.29, 0.717) is 30.9 Å². The van der Waals surface area contributed by atoms with Gasteiger partial charge in [0.15, 0.2) is 11.5 Å². The van der Waals surface area contributed by atoms with Crippen LogP contribution in [0.25, 0.3) is 11.4 Å². The fraction of sp³-hybridized carbons (Fsp3) is 0.238. The van der Waals surface area contributed by atoms with Gasteiger partial charge < -0.3 is 27.4 Å². The Morgan fingerprint density at radius 3 is 2.47 bits per heavy atom. The highest BCUT2D eigenvalue weighted by molar-refractivity contribution is 6.07. The van der Waals surface area contributed by atoms with Crippen molar-refractivity contribution >= 4 is 23.0 Å². The van der Waals surface area contributed by atoms with Crippen LogP contribution < -0.4 is 27.4 Å². The number of nitrogens with two attached hydrogens (primary N) is 3. The van der Waals surface area contributed by atoms with Crippen LogP contribution in [0.3, 0.4) is 0 Å². The number of benzene rings is 1. The van der Waals surface area contributed by atoms with Gasteiger partial charge in [0, 0.05) is 31.4 Å². The Labute approximate surface area is 182 Å². The molecule has 32 heavy (non-hydrogen) atoms. The number of hydrogen-bond donors (Lipinski definition) is 4.